The smallest absolute Gasteiger partial charge is 0.0446 e. The summed E-state index contributed by atoms with van der Waals surface area (Å²) in [7, 11) is 0. The second-order valence-electron chi connectivity index (χ2n) is 3.83. The van der Waals surface area contributed by atoms with Gasteiger partial charge in [-0.1, -0.05) is 30.3 Å². The van der Waals surface area contributed by atoms with Gasteiger partial charge in [0.2, 0.25) is 0 Å². The van der Waals surface area contributed by atoms with Gasteiger partial charge < -0.3 is 10.6 Å². The zero-order valence-electron chi connectivity index (χ0n) is 8.50. The number of hydrogen-bond donors (Lipinski definition) is 2. The minimum atomic E-state index is 0.483. The fourth-order valence-electron chi connectivity index (χ4n) is 1.89. The van der Waals surface area contributed by atoms with Crippen LogP contribution in [0.4, 0.5) is 0 Å². The lowest BCUT2D eigenvalue weighted by molar-refractivity contribution is 0.441. The molecule has 1 aromatic rings. The Bertz CT molecular complexity index is 250. The van der Waals surface area contributed by atoms with Gasteiger partial charge in [0.1, 0.15) is 0 Å². The molecule has 1 aromatic carbocycles. The fraction of sp³-hybridized carbons (Fsp3) is 0.500. The molecule has 0 bridgehead atoms. The monoisotopic (exact) mass is 190 g/mol. The third-order valence-electron chi connectivity index (χ3n) is 2.72. The summed E-state index contributed by atoms with van der Waals surface area (Å²) in [5, 5.41) is 7.05. The lowest BCUT2D eigenvalue weighted by Gasteiger charge is -2.22. The van der Waals surface area contributed by atoms with E-state index in [1.807, 2.05) is 0 Å². The Morgan fingerprint density at radius 1 is 1.00 bits per heavy atom. The molecule has 0 aliphatic carbocycles. The van der Waals surface area contributed by atoms with Crippen molar-refractivity contribution in [2.75, 3.05) is 19.6 Å². The second-order valence-corrected chi connectivity index (χ2v) is 3.83. The summed E-state index contributed by atoms with van der Waals surface area (Å²) in [5.74, 6) is 0. The summed E-state index contributed by atoms with van der Waals surface area (Å²) in [5.41, 5.74) is 1.39. The lowest BCUT2D eigenvalue weighted by atomic mass is 10.1. The molecule has 1 aliphatic rings. The van der Waals surface area contributed by atoms with Gasteiger partial charge in [-0.3, -0.25) is 0 Å². The van der Waals surface area contributed by atoms with E-state index in [0.717, 1.165) is 19.6 Å². The molecule has 14 heavy (non-hydrogen) atoms. The van der Waals surface area contributed by atoms with Crippen molar-refractivity contribution < 1.29 is 0 Å². The van der Waals surface area contributed by atoms with E-state index in [9.17, 15) is 0 Å². The zero-order chi connectivity index (χ0) is 9.64. The SMILES string of the molecule is c1ccc(C2CNCCCCN2)cc1. The molecule has 1 aliphatic heterocycles. The molecule has 1 unspecified atom stereocenters. The van der Waals surface area contributed by atoms with Gasteiger partial charge in [-0.05, 0) is 31.5 Å². The summed E-state index contributed by atoms with van der Waals surface area (Å²) in [6.07, 6.45) is 2.56. The topological polar surface area (TPSA) is 24.1 Å². The molecule has 1 atom stereocenters. The van der Waals surface area contributed by atoms with E-state index < -0.39 is 0 Å². The molecule has 1 saturated heterocycles. The van der Waals surface area contributed by atoms with Crippen LogP contribution < -0.4 is 10.6 Å². The van der Waals surface area contributed by atoms with Gasteiger partial charge in [0.25, 0.3) is 0 Å². The molecule has 2 nitrogen and oxygen atoms in total. The van der Waals surface area contributed by atoms with E-state index in [1.54, 1.807) is 0 Å². The quantitative estimate of drug-likeness (QED) is 0.704. The van der Waals surface area contributed by atoms with E-state index in [2.05, 4.69) is 41.0 Å². The highest BCUT2D eigenvalue weighted by atomic mass is 15.0. The molecule has 2 rings (SSSR count). The first-order valence-electron chi connectivity index (χ1n) is 5.46. The maximum atomic E-state index is 3.58. The molecule has 0 aromatic heterocycles. The fourth-order valence-corrected chi connectivity index (χ4v) is 1.89. The molecule has 0 amide bonds. The Hall–Kier alpha value is -0.860. The number of hydrogen-bond acceptors (Lipinski definition) is 2. The van der Waals surface area contributed by atoms with Crippen LogP contribution >= 0.6 is 0 Å². The third-order valence-corrected chi connectivity index (χ3v) is 2.72. The Morgan fingerprint density at radius 2 is 1.79 bits per heavy atom. The predicted octanol–water partition coefficient (Wildman–Crippen LogP) is 1.70. The lowest BCUT2D eigenvalue weighted by Crippen LogP contribution is -2.35. The van der Waals surface area contributed by atoms with Gasteiger partial charge in [-0.2, -0.15) is 0 Å². The van der Waals surface area contributed by atoms with Crippen LogP contribution in [0.5, 0.6) is 0 Å². The summed E-state index contributed by atoms with van der Waals surface area (Å²) in [6.45, 7) is 3.34. The van der Waals surface area contributed by atoms with Crippen LogP contribution in [0.3, 0.4) is 0 Å². The third kappa shape index (κ3) is 2.56. The molecule has 1 fully saturated rings. The van der Waals surface area contributed by atoms with Crippen LogP contribution in [-0.2, 0) is 0 Å². The van der Waals surface area contributed by atoms with Gasteiger partial charge in [0.05, 0.1) is 0 Å². The van der Waals surface area contributed by atoms with Crippen molar-refractivity contribution in [2.45, 2.75) is 18.9 Å². The predicted molar refractivity (Wildman–Crippen MR) is 59.3 cm³/mol. The van der Waals surface area contributed by atoms with Gasteiger partial charge >= 0.3 is 0 Å². The molecule has 2 N–H and O–H groups in total. The van der Waals surface area contributed by atoms with Crippen molar-refractivity contribution in [3.8, 4) is 0 Å². The average Bonchev–Trinajstić information content (AvgIpc) is 2.18. The van der Waals surface area contributed by atoms with E-state index >= 15 is 0 Å². The molecular formula is C12H18N2. The van der Waals surface area contributed by atoms with Crippen molar-refractivity contribution in [3.05, 3.63) is 35.9 Å². The maximum absolute atomic E-state index is 3.58. The van der Waals surface area contributed by atoms with E-state index in [4.69, 9.17) is 0 Å². The highest BCUT2D eigenvalue weighted by molar-refractivity contribution is 5.19. The number of benzene rings is 1. The van der Waals surface area contributed by atoms with Gasteiger partial charge in [-0.15, -0.1) is 0 Å². The Labute approximate surface area is 85.7 Å². The van der Waals surface area contributed by atoms with Crippen LogP contribution in [-0.4, -0.2) is 19.6 Å². The molecule has 0 saturated carbocycles. The van der Waals surface area contributed by atoms with Crippen LogP contribution in [0.25, 0.3) is 0 Å². The first kappa shape index (κ1) is 9.69. The first-order chi connectivity index (χ1) is 6.97. The van der Waals surface area contributed by atoms with Gasteiger partial charge in [-0.25, -0.2) is 0 Å². The van der Waals surface area contributed by atoms with E-state index in [1.165, 1.54) is 18.4 Å². The summed E-state index contributed by atoms with van der Waals surface area (Å²) >= 11 is 0. The van der Waals surface area contributed by atoms with Crippen molar-refractivity contribution in [1.29, 1.82) is 0 Å². The highest BCUT2D eigenvalue weighted by Crippen LogP contribution is 2.12. The zero-order valence-corrected chi connectivity index (χ0v) is 8.50. The van der Waals surface area contributed by atoms with E-state index in [-0.39, 0.29) is 0 Å². The van der Waals surface area contributed by atoms with Crippen molar-refractivity contribution in [1.82, 2.24) is 10.6 Å². The van der Waals surface area contributed by atoms with Crippen molar-refractivity contribution in [3.63, 3.8) is 0 Å². The molecule has 76 valence electrons. The summed E-state index contributed by atoms with van der Waals surface area (Å²) in [4.78, 5) is 0. The van der Waals surface area contributed by atoms with Crippen molar-refractivity contribution in [2.24, 2.45) is 0 Å². The summed E-state index contributed by atoms with van der Waals surface area (Å²) < 4.78 is 0. The normalized spacial score (nSPS) is 23.9. The van der Waals surface area contributed by atoms with Crippen LogP contribution in [0, 0.1) is 0 Å². The Kier molecular flexibility index (Phi) is 3.55. The van der Waals surface area contributed by atoms with E-state index in [0.29, 0.717) is 6.04 Å². The maximum Gasteiger partial charge on any atom is 0.0446 e. The minimum absolute atomic E-state index is 0.483. The van der Waals surface area contributed by atoms with Crippen LogP contribution in [0.1, 0.15) is 24.4 Å². The Balaban J connectivity index is 2.01. The first-order valence-corrected chi connectivity index (χ1v) is 5.46. The van der Waals surface area contributed by atoms with Crippen LogP contribution in [0.2, 0.25) is 0 Å². The standard InChI is InChI=1S/C12H18N2/c1-2-6-11(7-3-1)12-10-13-8-4-5-9-14-12/h1-3,6-7,12-14H,4-5,8-10H2. The molecule has 2 heteroatoms. The summed E-state index contributed by atoms with van der Waals surface area (Å²) in [6, 6.07) is 11.2. The minimum Gasteiger partial charge on any atom is -0.315 e. The van der Waals surface area contributed by atoms with Crippen molar-refractivity contribution >= 4 is 0 Å². The molecule has 0 spiro atoms. The van der Waals surface area contributed by atoms with Gasteiger partial charge in [0.15, 0.2) is 0 Å². The molecular weight excluding hydrogens is 172 g/mol. The van der Waals surface area contributed by atoms with Crippen LogP contribution in [0.15, 0.2) is 30.3 Å². The Morgan fingerprint density at radius 3 is 2.64 bits per heavy atom. The highest BCUT2D eigenvalue weighted by Gasteiger charge is 2.11. The average molecular weight is 190 g/mol. The molecule has 1 heterocycles. The number of rotatable bonds is 1. The second kappa shape index (κ2) is 5.13. The largest absolute Gasteiger partial charge is 0.315 e. The molecule has 0 radical (unpaired) electrons. The van der Waals surface area contributed by atoms with Gasteiger partial charge in [0, 0.05) is 12.6 Å². The number of nitrogens with one attached hydrogen (secondary N) is 2.